The molecular formula is C17H23N5O. The van der Waals surface area contributed by atoms with E-state index in [4.69, 9.17) is 0 Å². The Morgan fingerprint density at radius 1 is 1.39 bits per heavy atom. The third-order valence-electron chi connectivity index (χ3n) is 4.30. The van der Waals surface area contributed by atoms with E-state index in [0.29, 0.717) is 12.3 Å². The first-order chi connectivity index (χ1) is 11.2. The van der Waals surface area contributed by atoms with Crippen molar-refractivity contribution >= 4 is 5.91 Å². The van der Waals surface area contributed by atoms with E-state index in [1.54, 1.807) is 12.4 Å². The van der Waals surface area contributed by atoms with E-state index < -0.39 is 0 Å². The molecule has 1 atom stereocenters. The van der Waals surface area contributed by atoms with Gasteiger partial charge in [-0.25, -0.2) is 9.97 Å². The largest absolute Gasteiger partial charge is 0.342 e. The molecule has 0 saturated carbocycles. The van der Waals surface area contributed by atoms with Crippen molar-refractivity contribution in [2.75, 3.05) is 13.1 Å². The first-order valence-electron chi connectivity index (χ1n) is 8.26. The van der Waals surface area contributed by atoms with Crippen LogP contribution in [0.15, 0.2) is 18.6 Å². The highest BCUT2D eigenvalue weighted by Crippen LogP contribution is 2.21. The zero-order chi connectivity index (χ0) is 16.2. The number of piperidine rings is 1. The molecule has 0 radical (unpaired) electrons. The zero-order valence-electron chi connectivity index (χ0n) is 13.7. The Labute approximate surface area is 136 Å². The van der Waals surface area contributed by atoms with Crippen LogP contribution in [-0.2, 0) is 11.2 Å². The average molecular weight is 313 g/mol. The summed E-state index contributed by atoms with van der Waals surface area (Å²) in [5, 5.41) is 0. The van der Waals surface area contributed by atoms with Gasteiger partial charge in [0.25, 0.3) is 0 Å². The molecule has 2 aromatic rings. The Hall–Kier alpha value is -2.24. The van der Waals surface area contributed by atoms with Gasteiger partial charge < -0.3 is 9.88 Å². The number of H-pyrrole nitrogens is 1. The lowest BCUT2D eigenvalue weighted by Gasteiger charge is -2.32. The van der Waals surface area contributed by atoms with Gasteiger partial charge in [0.15, 0.2) is 5.82 Å². The SMILES string of the molecule is CCC(=O)N1CCCC(Cc2cncc(-c3ncc(C)[nH]3)n2)C1. The lowest BCUT2D eigenvalue weighted by molar-refractivity contribution is -0.132. The predicted octanol–water partition coefficient (Wildman–Crippen LogP) is 2.37. The maximum absolute atomic E-state index is 11.9. The Balaban J connectivity index is 1.69. The molecule has 23 heavy (non-hydrogen) atoms. The van der Waals surface area contributed by atoms with Crippen molar-refractivity contribution in [1.82, 2.24) is 24.8 Å². The van der Waals surface area contributed by atoms with Crippen molar-refractivity contribution in [1.29, 1.82) is 0 Å². The van der Waals surface area contributed by atoms with E-state index in [9.17, 15) is 4.79 Å². The van der Waals surface area contributed by atoms with Crippen LogP contribution >= 0.6 is 0 Å². The maximum atomic E-state index is 11.9. The third kappa shape index (κ3) is 3.75. The van der Waals surface area contributed by atoms with Gasteiger partial charge in [0, 0.05) is 37.6 Å². The molecule has 1 aliphatic rings. The molecule has 1 amide bonds. The molecule has 0 aromatic carbocycles. The molecule has 6 nitrogen and oxygen atoms in total. The molecule has 1 unspecified atom stereocenters. The van der Waals surface area contributed by atoms with Gasteiger partial charge in [-0.3, -0.25) is 9.78 Å². The second-order valence-electron chi connectivity index (χ2n) is 6.22. The summed E-state index contributed by atoms with van der Waals surface area (Å²) < 4.78 is 0. The molecule has 1 aliphatic heterocycles. The van der Waals surface area contributed by atoms with Crippen LogP contribution in [0.3, 0.4) is 0 Å². The number of imidazole rings is 1. The van der Waals surface area contributed by atoms with Gasteiger partial charge >= 0.3 is 0 Å². The molecule has 1 saturated heterocycles. The topological polar surface area (TPSA) is 74.8 Å². The van der Waals surface area contributed by atoms with Crippen LogP contribution in [-0.4, -0.2) is 43.8 Å². The Kier molecular flexibility index (Phi) is 4.69. The van der Waals surface area contributed by atoms with E-state index in [1.807, 2.05) is 24.9 Å². The highest BCUT2D eigenvalue weighted by atomic mass is 16.2. The number of likely N-dealkylation sites (tertiary alicyclic amines) is 1. The number of nitrogens with one attached hydrogen (secondary N) is 1. The second kappa shape index (κ2) is 6.89. The maximum Gasteiger partial charge on any atom is 0.222 e. The lowest BCUT2D eigenvalue weighted by atomic mass is 9.93. The van der Waals surface area contributed by atoms with Crippen LogP contribution < -0.4 is 0 Å². The van der Waals surface area contributed by atoms with Gasteiger partial charge in [0.05, 0.1) is 11.9 Å². The summed E-state index contributed by atoms with van der Waals surface area (Å²) in [5.74, 6) is 1.46. The number of nitrogens with zero attached hydrogens (tertiary/aromatic N) is 4. The summed E-state index contributed by atoms with van der Waals surface area (Å²) in [6, 6.07) is 0. The van der Waals surface area contributed by atoms with Crippen LogP contribution in [0.25, 0.3) is 11.5 Å². The average Bonchev–Trinajstić information content (AvgIpc) is 3.01. The molecule has 0 spiro atoms. The van der Waals surface area contributed by atoms with Gasteiger partial charge in [0.2, 0.25) is 5.91 Å². The number of hydrogen-bond donors (Lipinski definition) is 1. The molecule has 122 valence electrons. The highest BCUT2D eigenvalue weighted by molar-refractivity contribution is 5.75. The minimum atomic E-state index is 0.251. The molecule has 1 N–H and O–H groups in total. The normalized spacial score (nSPS) is 18.2. The number of rotatable bonds is 4. The Morgan fingerprint density at radius 3 is 3.00 bits per heavy atom. The van der Waals surface area contributed by atoms with E-state index in [0.717, 1.165) is 55.3 Å². The first kappa shape index (κ1) is 15.6. The summed E-state index contributed by atoms with van der Waals surface area (Å²) in [5.41, 5.74) is 2.74. The fourth-order valence-corrected chi connectivity index (χ4v) is 3.14. The molecular weight excluding hydrogens is 290 g/mol. The number of carbonyl (C=O) groups excluding carboxylic acids is 1. The van der Waals surface area contributed by atoms with E-state index >= 15 is 0 Å². The van der Waals surface area contributed by atoms with E-state index in [-0.39, 0.29) is 5.91 Å². The van der Waals surface area contributed by atoms with Gasteiger partial charge in [-0.15, -0.1) is 0 Å². The monoisotopic (exact) mass is 313 g/mol. The molecule has 6 heteroatoms. The van der Waals surface area contributed by atoms with Crippen molar-refractivity contribution in [2.24, 2.45) is 5.92 Å². The molecule has 1 fully saturated rings. The van der Waals surface area contributed by atoms with Crippen molar-refractivity contribution < 1.29 is 4.79 Å². The Bertz CT molecular complexity index is 681. The number of aromatic amines is 1. The minimum Gasteiger partial charge on any atom is -0.342 e. The number of hydrogen-bond acceptors (Lipinski definition) is 4. The van der Waals surface area contributed by atoms with Crippen LogP contribution in [0.5, 0.6) is 0 Å². The quantitative estimate of drug-likeness (QED) is 0.940. The minimum absolute atomic E-state index is 0.251. The summed E-state index contributed by atoms with van der Waals surface area (Å²) in [6.45, 7) is 5.61. The highest BCUT2D eigenvalue weighted by Gasteiger charge is 2.23. The predicted molar refractivity (Wildman–Crippen MR) is 87.6 cm³/mol. The summed E-state index contributed by atoms with van der Waals surface area (Å²) in [6.07, 6.45) is 8.99. The number of carbonyl (C=O) groups is 1. The fraction of sp³-hybridized carbons (Fsp3) is 0.529. The van der Waals surface area contributed by atoms with E-state index in [1.165, 1.54) is 0 Å². The molecule has 2 aromatic heterocycles. The number of aryl methyl sites for hydroxylation is 1. The van der Waals surface area contributed by atoms with Gasteiger partial charge in [-0.1, -0.05) is 6.92 Å². The smallest absolute Gasteiger partial charge is 0.222 e. The van der Waals surface area contributed by atoms with Crippen molar-refractivity contribution in [3.05, 3.63) is 30.0 Å². The molecule has 3 heterocycles. The fourth-order valence-electron chi connectivity index (χ4n) is 3.14. The second-order valence-corrected chi connectivity index (χ2v) is 6.22. The molecule has 3 rings (SSSR count). The third-order valence-corrected chi connectivity index (χ3v) is 4.30. The molecule has 0 aliphatic carbocycles. The molecule has 0 bridgehead atoms. The van der Waals surface area contributed by atoms with Crippen LogP contribution in [0, 0.1) is 12.8 Å². The zero-order valence-corrected chi connectivity index (χ0v) is 13.7. The number of aromatic nitrogens is 4. The van der Waals surface area contributed by atoms with Gasteiger partial charge in [-0.05, 0) is 32.1 Å². The van der Waals surface area contributed by atoms with Crippen molar-refractivity contribution in [2.45, 2.75) is 39.5 Å². The van der Waals surface area contributed by atoms with Gasteiger partial charge in [0.1, 0.15) is 5.69 Å². The van der Waals surface area contributed by atoms with Crippen molar-refractivity contribution in [3.63, 3.8) is 0 Å². The summed E-state index contributed by atoms with van der Waals surface area (Å²) in [7, 11) is 0. The van der Waals surface area contributed by atoms with E-state index in [2.05, 4.69) is 19.9 Å². The van der Waals surface area contributed by atoms with Gasteiger partial charge in [-0.2, -0.15) is 0 Å². The number of amides is 1. The van der Waals surface area contributed by atoms with Crippen molar-refractivity contribution in [3.8, 4) is 11.5 Å². The van der Waals surface area contributed by atoms with Crippen LogP contribution in [0.2, 0.25) is 0 Å². The lowest BCUT2D eigenvalue weighted by Crippen LogP contribution is -2.40. The summed E-state index contributed by atoms with van der Waals surface area (Å²) >= 11 is 0. The first-order valence-corrected chi connectivity index (χ1v) is 8.26. The van der Waals surface area contributed by atoms with Crippen LogP contribution in [0.1, 0.15) is 37.6 Å². The van der Waals surface area contributed by atoms with Crippen LogP contribution in [0.4, 0.5) is 0 Å². The summed E-state index contributed by atoms with van der Waals surface area (Å²) in [4.78, 5) is 30.4. The standard InChI is InChI=1S/C17H23N5O/c1-3-16(23)22-6-4-5-13(11-22)7-14-9-18-10-15(21-14)17-19-8-12(2)20-17/h8-10,13H,3-7,11H2,1-2H3,(H,19,20). The Morgan fingerprint density at radius 2 is 2.26 bits per heavy atom.